The first kappa shape index (κ1) is 15.5. The van der Waals surface area contributed by atoms with Crippen LogP contribution in [-0.4, -0.2) is 23.0 Å². The van der Waals surface area contributed by atoms with Crippen molar-refractivity contribution in [2.75, 3.05) is 5.32 Å². The average molecular weight is 309 g/mol. The van der Waals surface area contributed by atoms with Crippen LogP contribution < -0.4 is 5.32 Å². The highest BCUT2D eigenvalue weighted by Crippen LogP contribution is 2.21. The quantitative estimate of drug-likeness (QED) is 0.516. The Morgan fingerprint density at radius 2 is 2.38 bits per heavy atom. The van der Waals surface area contributed by atoms with Crippen LogP contribution >= 0.6 is 11.6 Å². The van der Waals surface area contributed by atoms with E-state index in [2.05, 4.69) is 16.4 Å². The predicted octanol–water partition coefficient (Wildman–Crippen LogP) is 2.96. The molecule has 2 rings (SSSR count). The highest BCUT2D eigenvalue weighted by molar-refractivity contribution is 6.32. The third-order valence-corrected chi connectivity index (χ3v) is 3.54. The molecular formula is C15H17ClN2O3. The van der Waals surface area contributed by atoms with Gasteiger partial charge in [-0.15, -0.1) is 0 Å². The van der Waals surface area contributed by atoms with E-state index in [1.807, 2.05) is 6.08 Å². The number of amides is 1. The first-order valence-electron chi connectivity index (χ1n) is 6.84. The number of anilines is 1. The molecule has 0 unspecified atom stereocenters. The number of nitrogens with one attached hydrogen (secondary N) is 1. The molecule has 0 saturated heterocycles. The van der Waals surface area contributed by atoms with Crippen molar-refractivity contribution in [2.24, 2.45) is 5.92 Å². The van der Waals surface area contributed by atoms with E-state index in [-0.39, 0.29) is 17.0 Å². The fraction of sp³-hybridized carbons (Fsp3) is 0.400. The molecule has 0 aromatic carbocycles. The van der Waals surface area contributed by atoms with Crippen molar-refractivity contribution in [3.8, 4) is 0 Å². The molecule has 1 aromatic rings. The Hall–Kier alpha value is -1.88. The van der Waals surface area contributed by atoms with E-state index in [0.29, 0.717) is 12.1 Å². The van der Waals surface area contributed by atoms with Crippen LogP contribution in [0.15, 0.2) is 30.5 Å². The Kier molecular flexibility index (Phi) is 5.33. The van der Waals surface area contributed by atoms with Crippen LogP contribution in [0.1, 0.15) is 26.2 Å². The number of carbonyl (C=O) groups excluding carboxylic acids is 2. The van der Waals surface area contributed by atoms with Crippen molar-refractivity contribution in [1.29, 1.82) is 0 Å². The van der Waals surface area contributed by atoms with Gasteiger partial charge in [0, 0.05) is 6.20 Å². The molecule has 1 heterocycles. The molecule has 1 aromatic heterocycles. The lowest BCUT2D eigenvalue weighted by Crippen LogP contribution is -2.30. The Morgan fingerprint density at radius 3 is 3.05 bits per heavy atom. The lowest BCUT2D eigenvalue weighted by molar-refractivity contribution is -0.153. The maximum absolute atomic E-state index is 11.9. The van der Waals surface area contributed by atoms with E-state index in [9.17, 15) is 9.59 Å². The summed E-state index contributed by atoms with van der Waals surface area (Å²) in [6.07, 6.45) is 6.98. The van der Waals surface area contributed by atoms with Crippen molar-refractivity contribution >= 4 is 29.2 Å². The van der Waals surface area contributed by atoms with Gasteiger partial charge in [0.2, 0.25) is 0 Å². The monoisotopic (exact) mass is 308 g/mol. The van der Waals surface area contributed by atoms with Crippen molar-refractivity contribution < 1.29 is 14.3 Å². The molecule has 0 saturated carbocycles. The molecule has 1 aliphatic carbocycles. The minimum Gasteiger partial charge on any atom is -0.453 e. The van der Waals surface area contributed by atoms with Gasteiger partial charge in [0.1, 0.15) is 0 Å². The van der Waals surface area contributed by atoms with Crippen LogP contribution in [0.3, 0.4) is 0 Å². The van der Waals surface area contributed by atoms with E-state index in [1.54, 1.807) is 12.1 Å². The summed E-state index contributed by atoms with van der Waals surface area (Å²) in [5.41, 5.74) is 0.394. The number of carbonyl (C=O) groups is 2. The molecule has 1 amide bonds. The molecule has 5 nitrogen and oxygen atoms in total. The number of aromatic nitrogens is 1. The zero-order valence-electron chi connectivity index (χ0n) is 11.7. The van der Waals surface area contributed by atoms with Gasteiger partial charge in [-0.05, 0) is 37.8 Å². The summed E-state index contributed by atoms with van der Waals surface area (Å²) in [7, 11) is 0. The summed E-state index contributed by atoms with van der Waals surface area (Å²) in [6.45, 7) is 1.53. The van der Waals surface area contributed by atoms with E-state index in [1.165, 1.54) is 13.1 Å². The lowest BCUT2D eigenvalue weighted by Gasteiger charge is -2.15. The molecule has 21 heavy (non-hydrogen) atoms. The molecule has 0 radical (unpaired) electrons. The van der Waals surface area contributed by atoms with Gasteiger partial charge < -0.3 is 10.1 Å². The molecule has 0 fully saturated rings. The zero-order valence-corrected chi connectivity index (χ0v) is 12.5. The topological polar surface area (TPSA) is 68.3 Å². The van der Waals surface area contributed by atoms with E-state index in [0.717, 1.165) is 12.8 Å². The van der Waals surface area contributed by atoms with Crippen LogP contribution in [0.4, 0.5) is 5.69 Å². The fourth-order valence-corrected chi connectivity index (χ4v) is 2.26. The van der Waals surface area contributed by atoms with E-state index >= 15 is 0 Å². The predicted molar refractivity (Wildman–Crippen MR) is 79.9 cm³/mol. The second-order valence-electron chi connectivity index (χ2n) is 4.93. The molecule has 112 valence electrons. The van der Waals surface area contributed by atoms with Crippen molar-refractivity contribution in [2.45, 2.75) is 32.3 Å². The van der Waals surface area contributed by atoms with Crippen molar-refractivity contribution in [1.82, 2.24) is 4.98 Å². The summed E-state index contributed by atoms with van der Waals surface area (Å²) < 4.78 is 5.14. The van der Waals surface area contributed by atoms with Gasteiger partial charge in [-0.3, -0.25) is 9.59 Å². The third kappa shape index (κ3) is 4.56. The minimum atomic E-state index is -0.876. The largest absolute Gasteiger partial charge is 0.453 e. The Bertz CT molecular complexity index is 560. The highest BCUT2D eigenvalue weighted by atomic mass is 35.5. The Balaban J connectivity index is 1.83. The average Bonchev–Trinajstić information content (AvgIpc) is 2.93. The number of rotatable bonds is 5. The number of nitrogens with zero attached hydrogens (tertiary/aromatic N) is 1. The maximum Gasteiger partial charge on any atom is 0.307 e. The fourth-order valence-electron chi connectivity index (χ4n) is 2.09. The number of esters is 1. The minimum absolute atomic E-state index is 0.195. The molecule has 0 bridgehead atoms. The smallest absolute Gasteiger partial charge is 0.307 e. The number of halogens is 1. The molecular weight excluding hydrogens is 292 g/mol. The molecule has 0 spiro atoms. The summed E-state index contributed by atoms with van der Waals surface area (Å²) >= 11 is 5.85. The second-order valence-corrected chi connectivity index (χ2v) is 5.29. The van der Waals surface area contributed by atoms with Gasteiger partial charge in [0.25, 0.3) is 5.91 Å². The van der Waals surface area contributed by atoms with Crippen molar-refractivity contribution in [3.63, 3.8) is 0 Å². The second kappa shape index (κ2) is 7.22. The summed E-state index contributed by atoms with van der Waals surface area (Å²) in [4.78, 5) is 27.6. The van der Waals surface area contributed by atoms with Crippen LogP contribution in [0.2, 0.25) is 5.15 Å². The summed E-state index contributed by atoms with van der Waals surface area (Å²) in [6, 6.07) is 3.29. The van der Waals surface area contributed by atoms with Gasteiger partial charge in [0.05, 0.1) is 12.1 Å². The zero-order chi connectivity index (χ0) is 15.2. The maximum atomic E-state index is 11.9. The van der Waals surface area contributed by atoms with E-state index < -0.39 is 12.0 Å². The normalized spacial score (nSPS) is 18.3. The lowest BCUT2D eigenvalue weighted by atomic mass is 10.1. The molecule has 1 N–H and O–H groups in total. The van der Waals surface area contributed by atoms with Gasteiger partial charge in [-0.1, -0.05) is 23.8 Å². The summed E-state index contributed by atoms with van der Waals surface area (Å²) in [5, 5.41) is 2.78. The van der Waals surface area contributed by atoms with Gasteiger partial charge >= 0.3 is 5.97 Å². The number of pyridine rings is 1. The van der Waals surface area contributed by atoms with Crippen LogP contribution in [0, 0.1) is 5.92 Å². The highest BCUT2D eigenvalue weighted by Gasteiger charge is 2.21. The van der Waals surface area contributed by atoms with Crippen LogP contribution in [0.5, 0.6) is 0 Å². The third-order valence-electron chi connectivity index (χ3n) is 3.24. The Labute approximate surface area is 128 Å². The van der Waals surface area contributed by atoms with Crippen LogP contribution in [0.25, 0.3) is 0 Å². The van der Waals surface area contributed by atoms with Gasteiger partial charge in [-0.2, -0.15) is 0 Å². The van der Waals surface area contributed by atoms with E-state index in [4.69, 9.17) is 16.3 Å². The van der Waals surface area contributed by atoms with Gasteiger partial charge in [0.15, 0.2) is 11.3 Å². The molecule has 0 aliphatic heterocycles. The number of ether oxygens (including phenoxy) is 1. The molecule has 2 atom stereocenters. The number of allylic oxidation sites excluding steroid dienone is 2. The first-order chi connectivity index (χ1) is 10.1. The first-order valence-corrected chi connectivity index (χ1v) is 7.21. The van der Waals surface area contributed by atoms with Gasteiger partial charge in [-0.25, -0.2) is 4.98 Å². The van der Waals surface area contributed by atoms with Crippen molar-refractivity contribution in [3.05, 3.63) is 35.6 Å². The number of hydrogen-bond donors (Lipinski definition) is 1. The standard InChI is InChI=1S/C15H17ClN2O3/c1-10(21-13(19)9-11-5-2-3-6-11)15(20)18-12-7-4-8-17-14(12)16/h2,4-5,7-8,10-11H,3,6,9H2,1H3,(H,18,20)/t10-,11+/m0/s1. The SMILES string of the molecule is C[C@H](OC(=O)C[C@@H]1C=CCC1)C(=O)Nc1cccnc1Cl. The molecule has 1 aliphatic rings. The van der Waals surface area contributed by atoms with Crippen LogP contribution in [-0.2, 0) is 14.3 Å². The Morgan fingerprint density at radius 1 is 1.57 bits per heavy atom. The molecule has 6 heteroatoms. The summed E-state index contributed by atoms with van der Waals surface area (Å²) in [5.74, 6) is -0.577. The number of hydrogen-bond acceptors (Lipinski definition) is 4.